The summed E-state index contributed by atoms with van der Waals surface area (Å²) in [6.45, 7) is 1.13. The maximum atomic E-state index is 12.8. The number of ether oxygens (including phenoxy) is 1. The van der Waals surface area contributed by atoms with E-state index in [2.05, 4.69) is 5.32 Å². The molecule has 0 aliphatic carbocycles. The van der Waals surface area contributed by atoms with Crippen LogP contribution >= 0.6 is 0 Å². The topological polar surface area (TPSA) is 38.3 Å². The Balaban J connectivity index is 1.39. The molecular weight excluding hydrogens is 317 g/mol. The first-order chi connectivity index (χ1) is 12.2. The fraction of sp³-hybridized carbons (Fsp3) is 0.190. The predicted octanol–water partition coefficient (Wildman–Crippen LogP) is 4.57. The number of hydrogen-bond acceptors (Lipinski definition) is 2. The van der Waals surface area contributed by atoms with E-state index in [9.17, 15) is 9.18 Å². The van der Waals surface area contributed by atoms with Crippen molar-refractivity contribution >= 4 is 16.7 Å². The van der Waals surface area contributed by atoms with Crippen molar-refractivity contribution in [2.45, 2.75) is 12.8 Å². The molecule has 1 N–H and O–H groups in total. The average Bonchev–Trinajstić information content (AvgIpc) is 2.65. The van der Waals surface area contributed by atoms with Crippen molar-refractivity contribution in [1.29, 1.82) is 0 Å². The molecular formula is C21H20FNO2. The van der Waals surface area contributed by atoms with Crippen LogP contribution in [0.2, 0.25) is 0 Å². The maximum absolute atomic E-state index is 12.8. The second kappa shape index (κ2) is 8.29. The summed E-state index contributed by atoms with van der Waals surface area (Å²) in [7, 11) is 0. The summed E-state index contributed by atoms with van der Waals surface area (Å²) in [5, 5.41) is 5.11. The molecule has 3 rings (SSSR count). The van der Waals surface area contributed by atoms with E-state index in [4.69, 9.17) is 4.74 Å². The molecule has 0 unspecified atom stereocenters. The van der Waals surface area contributed by atoms with Crippen LogP contribution < -0.4 is 10.1 Å². The Hall–Kier alpha value is -2.88. The van der Waals surface area contributed by atoms with Crippen LogP contribution in [0.4, 0.5) is 4.39 Å². The molecule has 0 aliphatic heterocycles. The molecule has 0 aromatic heterocycles. The highest BCUT2D eigenvalue weighted by molar-refractivity contribution is 5.98. The van der Waals surface area contributed by atoms with E-state index in [1.165, 1.54) is 12.1 Å². The van der Waals surface area contributed by atoms with Crippen molar-refractivity contribution in [2.75, 3.05) is 13.2 Å². The molecule has 25 heavy (non-hydrogen) atoms. The van der Waals surface area contributed by atoms with Crippen LogP contribution in [0.3, 0.4) is 0 Å². The minimum Gasteiger partial charge on any atom is -0.494 e. The number of carbonyl (C=O) groups excluding carboxylic acids is 1. The van der Waals surface area contributed by atoms with Crippen LogP contribution in [0.1, 0.15) is 23.2 Å². The number of rotatable bonds is 7. The van der Waals surface area contributed by atoms with Gasteiger partial charge in [0.1, 0.15) is 11.6 Å². The number of hydrogen-bond donors (Lipinski definition) is 1. The molecule has 0 radical (unpaired) electrons. The molecule has 0 fully saturated rings. The van der Waals surface area contributed by atoms with E-state index < -0.39 is 0 Å². The molecule has 0 heterocycles. The van der Waals surface area contributed by atoms with Gasteiger partial charge in [0.25, 0.3) is 5.91 Å². The normalized spacial score (nSPS) is 10.6. The van der Waals surface area contributed by atoms with Gasteiger partial charge in [-0.05, 0) is 60.0 Å². The number of unbranched alkanes of at least 4 members (excludes halogenated alkanes) is 1. The molecule has 0 saturated carbocycles. The van der Waals surface area contributed by atoms with Crippen LogP contribution in [0.5, 0.6) is 5.75 Å². The molecule has 128 valence electrons. The summed E-state index contributed by atoms with van der Waals surface area (Å²) in [4.78, 5) is 12.2. The van der Waals surface area contributed by atoms with Crippen LogP contribution in [0.15, 0.2) is 66.7 Å². The van der Waals surface area contributed by atoms with Crippen LogP contribution in [0.25, 0.3) is 10.8 Å². The minimum atomic E-state index is -0.274. The lowest BCUT2D eigenvalue weighted by molar-refractivity contribution is 0.0952. The van der Waals surface area contributed by atoms with E-state index in [1.807, 2.05) is 42.5 Å². The number of amides is 1. The zero-order valence-electron chi connectivity index (χ0n) is 13.9. The molecule has 0 bridgehead atoms. The summed E-state index contributed by atoms with van der Waals surface area (Å²) in [5.74, 6) is 0.315. The van der Waals surface area contributed by atoms with Crippen LogP contribution in [-0.2, 0) is 0 Å². The molecule has 0 atom stereocenters. The zero-order valence-corrected chi connectivity index (χ0v) is 13.9. The summed E-state index contributed by atoms with van der Waals surface area (Å²) in [6, 6.07) is 19.6. The third kappa shape index (κ3) is 4.80. The summed E-state index contributed by atoms with van der Waals surface area (Å²) in [6.07, 6.45) is 1.63. The van der Waals surface area contributed by atoms with E-state index in [0.717, 1.165) is 23.6 Å². The van der Waals surface area contributed by atoms with Gasteiger partial charge in [-0.3, -0.25) is 4.79 Å². The summed E-state index contributed by atoms with van der Waals surface area (Å²) < 4.78 is 18.3. The highest BCUT2D eigenvalue weighted by Crippen LogP contribution is 2.15. The van der Waals surface area contributed by atoms with Gasteiger partial charge >= 0.3 is 0 Å². The van der Waals surface area contributed by atoms with Crippen molar-refractivity contribution in [2.24, 2.45) is 0 Å². The smallest absolute Gasteiger partial charge is 0.251 e. The van der Waals surface area contributed by atoms with E-state index in [-0.39, 0.29) is 11.7 Å². The van der Waals surface area contributed by atoms with Crippen LogP contribution in [0, 0.1) is 5.82 Å². The van der Waals surface area contributed by atoms with Gasteiger partial charge in [0.05, 0.1) is 6.61 Å². The second-order valence-corrected chi connectivity index (χ2v) is 5.83. The Labute approximate surface area is 146 Å². The number of carbonyl (C=O) groups is 1. The third-order valence-electron chi connectivity index (χ3n) is 3.95. The van der Waals surface area contributed by atoms with Gasteiger partial charge in [0.2, 0.25) is 0 Å². The van der Waals surface area contributed by atoms with Crippen LogP contribution in [-0.4, -0.2) is 19.1 Å². The SMILES string of the molecule is O=C(NCCCCOc1ccc(F)cc1)c1ccc2ccccc2c1. The Bertz CT molecular complexity index is 846. The van der Waals surface area contributed by atoms with Gasteiger partial charge in [-0.1, -0.05) is 30.3 Å². The monoisotopic (exact) mass is 337 g/mol. The molecule has 0 saturated heterocycles. The third-order valence-corrected chi connectivity index (χ3v) is 3.95. The van der Waals surface area contributed by atoms with Crippen molar-refractivity contribution in [3.05, 3.63) is 78.1 Å². The first-order valence-electron chi connectivity index (χ1n) is 8.38. The highest BCUT2D eigenvalue weighted by atomic mass is 19.1. The standard InChI is InChI=1S/C21H20FNO2/c22-19-9-11-20(12-10-19)25-14-4-3-13-23-21(24)18-8-7-16-5-1-2-6-17(16)15-18/h1-2,5-12,15H,3-4,13-14H2,(H,23,24). The molecule has 0 aliphatic rings. The Morgan fingerprint density at radius 2 is 1.68 bits per heavy atom. The van der Waals surface area contributed by atoms with Gasteiger partial charge in [0, 0.05) is 12.1 Å². The maximum Gasteiger partial charge on any atom is 0.251 e. The Morgan fingerprint density at radius 3 is 2.48 bits per heavy atom. The Kier molecular flexibility index (Phi) is 5.62. The lowest BCUT2D eigenvalue weighted by Gasteiger charge is -2.08. The average molecular weight is 337 g/mol. The van der Waals surface area contributed by atoms with Gasteiger partial charge in [0.15, 0.2) is 0 Å². The number of nitrogens with one attached hydrogen (secondary N) is 1. The molecule has 3 aromatic rings. The van der Waals surface area contributed by atoms with Crippen molar-refractivity contribution in [3.8, 4) is 5.75 Å². The fourth-order valence-corrected chi connectivity index (χ4v) is 2.58. The summed E-state index contributed by atoms with van der Waals surface area (Å²) >= 11 is 0. The van der Waals surface area contributed by atoms with E-state index in [1.54, 1.807) is 12.1 Å². The zero-order chi connectivity index (χ0) is 17.5. The number of fused-ring (bicyclic) bond motifs is 1. The first kappa shape index (κ1) is 17.0. The molecule has 3 nitrogen and oxygen atoms in total. The summed E-state index contributed by atoms with van der Waals surface area (Å²) in [5.41, 5.74) is 0.668. The van der Waals surface area contributed by atoms with Gasteiger partial charge in [-0.2, -0.15) is 0 Å². The lowest BCUT2D eigenvalue weighted by Crippen LogP contribution is -2.24. The largest absolute Gasteiger partial charge is 0.494 e. The first-order valence-corrected chi connectivity index (χ1v) is 8.38. The van der Waals surface area contributed by atoms with Crippen molar-refractivity contribution < 1.29 is 13.9 Å². The minimum absolute atomic E-state index is 0.0646. The Morgan fingerprint density at radius 1 is 0.920 bits per heavy atom. The lowest BCUT2D eigenvalue weighted by atomic mass is 10.1. The predicted molar refractivity (Wildman–Crippen MR) is 97.4 cm³/mol. The second-order valence-electron chi connectivity index (χ2n) is 5.83. The van der Waals surface area contributed by atoms with Gasteiger partial charge in [-0.25, -0.2) is 4.39 Å². The highest BCUT2D eigenvalue weighted by Gasteiger charge is 2.05. The fourth-order valence-electron chi connectivity index (χ4n) is 2.58. The van der Waals surface area contributed by atoms with Gasteiger partial charge in [-0.15, -0.1) is 0 Å². The number of benzene rings is 3. The van der Waals surface area contributed by atoms with E-state index >= 15 is 0 Å². The molecule has 1 amide bonds. The van der Waals surface area contributed by atoms with Gasteiger partial charge < -0.3 is 10.1 Å². The van der Waals surface area contributed by atoms with E-state index in [0.29, 0.717) is 24.5 Å². The van der Waals surface area contributed by atoms with Crippen molar-refractivity contribution in [1.82, 2.24) is 5.32 Å². The molecule has 4 heteroatoms. The molecule has 0 spiro atoms. The molecule has 3 aromatic carbocycles. The quantitative estimate of drug-likeness (QED) is 0.642. The number of halogens is 1. The van der Waals surface area contributed by atoms with Crippen molar-refractivity contribution in [3.63, 3.8) is 0 Å².